The number of nitrogens with one attached hydrogen (secondary N) is 1. The van der Waals surface area contributed by atoms with E-state index in [1.807, 2.05) is 0 Å². The summed E-state index contributed by atoms with van der Waals surface area (Å²) < 4.78 is 39.1. The van der Waals surface area contributed by atoms with Crippen molar-refractivity contribution in [1.29, 1.82) is 0 Å². The average molecular weight is 385 g/mol. The van der Waals surface area contributed by atoms with E-state index in [0.717, 1.165) is 9.87 Å². The first kappa shape index (κ1) is 19.4. The molecule has 0 bridgehead atoms. The summed E-state index contributed by atoms with van der Waals surface area (Å²) in [4.78, 5) is 12.1. The number of sulfonamides is 1. The third-order valence-electron chi connectivity index (χ3n) is 3.51. The number of rotatable bonds is 7. The molecule has 2 aromatic carbocycles. The highest BCUT2D eigenvalue weighted by Gasteiger charge is 2.25. The van der Waals surface area contributed by atoms with Crippen molar-refractivity contribution >= 4 is 27.5 Å². The van der Waals surface area contributed by atoms with Gasteiger partial charge in [0.25, 0.3) is 0 Å². The summed E-state index contributed by atoms with van der Waals surface area (Å²) in [6.07, 6.45) is 0. The van der Waals surface area contributed by atoms with Crippen LogP contribution in [0.1, 0.15) is 12.5 Å². The second-order valence-corrected chi connectivity index (χ2v) is 7.67. The van der Waals surface area contributed by atoms with Gasteiger partial charge in [-0.2, -0.15) is 4.31 Å². The van der Waals surface area contributed by atoms with Crippen molar-refractivity contribution in [2.45, 2.75) is 18.4 Å². The number of hydrogen-bond acceptors (Lipinski definition) is 3. The lowest BCUT2D eigenvalue weighted by Crippen LogP contribution is -2.40. The van der Waals surface area contributed by atoms with Crippen LogP contribution in [-0.2, 0) is 21.4 Å². The van der Waals surface area contributed by atoms with Crippen LogP contribution in [0.2, 0.25) is 5.02 Å². The van der Waals surface area contributed by atoms with E-state index in [1.165, 1.54) is 30.3 Å². The Morgan fingerprint density at radius 2 is 1.88 bits per heavy atom. The van der Waals surface area contributed by atoms with Crippen LogP contribution in [0.5, 0.6) is 0 Å². The van der Waals surface area contributed by atoms with Crippen LogP contribution in [-0.4, -0.2) is 31.7 Å². The Labute approximate surface area is 151 Å². The van der Waals surface area contributed by atoms with Crippen LogP contribution in [0.3, 0.4) is 0 Å². The predicted molar refractivity (Wildman–Crippen MR) is 94.1 cm³/mol. The summed E-state index contributed by atoms with van der Waals surface area (Å²) in [5.74, 6) is -0.809. The molecule has 0 aliphatic rings. The van der Waals surface area contributed by atoms with E-state index >= 15 is 0 Å². The molecule has 0 aliphatic carbocycles. The molecular formula is C17H18ClFN2O3S. The molecule has 0 radical (unpaired) electrons. The maximum Gasteiger partial charge on any atom is 0.243 e. The van der Waals surface area contributed by atoms with Crippen LogP contribution < -0.4 is 5.32 Å². The molecule has 0 saturated heterocycles. The van der Waals surface area contributed by atoms with Gasteiger partial charge in [0.2, 0.25) is 15.9 Å². The fourth-order valence-corrected chi connectivity index (χ4v) is 3.87. The van der Waals surface area contributed by atoms with Gasteiger partial charge in [-0.25, -0.2) is 12.8 Å². The molecule has 0 atom stereocenters. The number of amides is 1. The lowest BCUT2D eigenvalue weighted by molar-refractivity contribution is -0.121. The second kappa shape index (κ2) is 8.42. The zero-order chi connectivity index (χ0) is 18.4. The molecule has 0 aliphatic heterocycles. The van der Waals surface area contributed by atoms with Gasteiger partial charge in [0, 0.05) is 18.1 Å². The minimum atomic E-state index is -3.82. The van der Waals surface area contributed by atoms with Gasteiger partial charge in [-0.05, 0) is 35.9 Å². The van der Waals surface area contributed by atoms with Crippen molar-refractivity contribution in [1.82, 2.24) is 9.62 Å². The first-order chi connectivity index (χ1) is 11.8. The lowest BCUT2D eigenvalue weighted by atomic mass is 10.2. The Morgan fingerprint density at radius 3 is 2.48 bits per heavy atom. The summed E-state index contributed by atoms with van der Waals surface area (Å²) in [5.41, 5.74) is 0.718. The molecule has 0 unspecified atom stereocenters. The number of nitrogens with zero attached hydrogens (tertiary/aromatic N) is 1. The standard InChI is InChI=1S/C17H18ClFN2O3S/c1-2-21(25(23,24)16-5-3-4-14(18)10-16)12-17(22)20-11-13-6-8-15(19)9-7-13/h3-10H,2,11-12H2,1H3,(H,20,22). The molecule has 25 heavy (non-hydrogen) atoms. The molecule has 0 saturated carbocycles. The number of carbonyl (C=O) groups is 1. The van der Waals surface area contributed by atoms with Gasteiger partial charge in [0.15, 0.2) is 0 Å². The summed E-state index contributed by atoms with van der Waals surface area (Å²) >= 11 is 5.84. The van der Waals surface area contributed by atoms with E-state index in [0.29, 0.717) is 5.02 Å². The van der Waals surface area contributed by atoms with E-state index in [4.69, 9.17) is 11.6 Å². The maximum atomic E-state index is 12.9. The molecule has 0 fully saturated rings. The zero-order valence-electron chi connectivity index (χ0n) is 13.6. The van der Waals surface area contributed by atoms with Crippen molar-refractivity contribution < 1.29 is 17.6 Å². The van der Waals surface area contributed by atoms with Gasteiger partial charge >= 0.3 is 0 Å². The fourth-order valence-electron chi connectivity index (χ4n) is 2.16. The SMILES string of the molecule is CCN(CC(=O)NCc1ccc(F)cc1)S(=O)(=O)c1cccc(Cl)c1. The van der Waals surface area contributed by atoms with Gasteiger partial charge in [0.1, 0.15) is 5.82 Å². The Hall–Kier alpha value is -1.96. The van der Waals surface area contributed by atoms with Crippen molar-refractivity contribution in [2.24, 2.45) is 0 Å². The highest BCUT2D eigenvalue weighted by molar-refractivity contribution is 7.89. The molecule has 2 rings (SSSR count). The Bertz CT molecular complexity index is 841. The molecule has 1 N–H and O–H groups in total. The van der Waals surface area contributed by atoms with E-state index in [9.17, 15) is 17.6 Å². The van der Waals surface area contributed by atoms with Crippen LogP contribution in [0.15, 0.2) is 53.4 Å². The zero-order valence-corrected chi connectivity index (χ0v) is 15.1. The first-order valence-corrected chi connectivity index (χ1v) is 9.41. The van der Waals surface area contributed by atoms with Crippen LogP contribution in [0.25, 0.3) is 0 Å². The number of benzene rings is 2. The molecule has 5 nitrogen and oxygen atoms in total. The molecule has 1 amide bonds. The molecule has 0 aromatic heterocycles. The summed E-state index contributed by atoms with van der Waals surface area (Å²) in [6.45, 7) is 1.66. The first-order valence-electron chi connectivity index (χ1n) is 7.60. The number of hydrogen-bond donors (Lipinski definition) is 1. The minimum absolute atomic E-state index is 0.0354. The van der Waals surface area contributed by atoms with Crippen molar-refractivity contribution in [3.8, 4) is 0 Å². The minimum Gasteiger partial charge on any atom is -0.351 e. The molecular weight excluding hydrogens is 367 g/mol. The van der Waals surface area contributed by atoms with Crippen molar-refractivity contribution in [3.05, 3.63) is 64.9 Å². The van der Waals surface area contributed by atoms with E-state index in [1.54, 1.807) is 25.1 Å². The van der Waals surface area contributed by atoms with Gasteiger partial charge in [-0.1, -0.05) is 36.7 Å². The molecule has 134 valence electrons. The molecule has 0 spiro atoms. The average Bonchev–Trinajstić information content (AvgIpc) is 2.59. The van der Waals surface area contributed by atoms with Gasteiger partial charge < -0.3 is 5.32 Å². The number of likely N-dealkylation sites (N-methyl/N-ethyl adjacent to an activating group) is 1. The maximum absolute atomic E-state index is 12.9. The van der Waals surface area contributed by atoms with E-state index in [-0.39, 0.29) is 30.3 Å². The van der Waals surface area contributed by atoms with Gasteiger partial charge in [-0.15, -0.1) is 0 Å². The van der Waals surface area contributed by atoms with E-state index in [2.05, 4.69) is 5.32 Å². The normalized spacial score (nSPS) is 11.5. The quantitative estimate of drug-likeness (QED) is 0.798. The molecule has 2 aromatic rings. The van der Waals surface area contributed by atoms with E-state index < -0.39 is 15.9 Å². The highest BCUT2D eigenvalue weighted by atomic mass is 35.5. The molecule has 8 heteroatoms. The van der Waals surface area contributed by atoms with Gasteiger partial charge in [0.05, 0.1) is 11.4 Å². The third-order valence-corrected chi connectivity index (χ3v) is 5.66. The predicted octanol–water partition coefficient (Wildman–Crippen LogP) is 2.81. The molecule has 0 heterocycles. The summed E-state index contributed by atoms with van der Waals surface area (Å²) in [7, 11) is -3.82. The highest BCUT2D eigenvalue weighted by Crippen LogP contribution is 2.19. The Kier molecular flexibility index (Phi) is 6.52. The third kappa shape index (κ3) is 5.26. The largest absolute Gasteiger partial charge is 0.351 e. The monoisotopic (exact) mass is 384 g/mol. The Balaban J connectivity index is 2.02. The van der Waals surface area contributed by atoms with Crippen LogP contribution >= 0.6 is 11.6 Å². The van der Waals surface area contributed by atoms with Crippen LogP contribution in [0.4, 0.5) is 4.39 Å². The Morgan fingerprint density at radius 1 is 1.20 bits per heavy atom. The van der Waals surface area contributed by atoms with Crippen molar-refractivity contribution in [3.63, 3.8) is 0 Å². The van der Waals surface area contributed by atoms with Gasteiger partial charge in [-0.3, -0.25) is 4.79 Å². The number of carbonyl (C=O) groups excluding carboxylic acids is 1. The smallest absolute Gasteiger partial charge is 0.243 e. The van der Waals surface area contributed by atoms with Crippen molar-refractivity contribution in [2.75, 3.05) is 13.1 Å². The van der Waals surface area contributed by atoms with Crippen LogP contribution in [0, 0.1) is 5.82 Å². The number of halogens is 2. The topological polar surface area (TPSA) is 66.5 Å². The second-order valence-electron chi connectivity index (χ2n) is 5.29. The summed E-state index contributed by atoms with van der Waals surface area (Å²) in [5, 5.41) is 2.93. The fraction of sp³-hybridized carbons (Fsp3) is 0.235. The lowest BCUT2D eigenvalue weighted by Gasteiger charge is -2.20. The summed E-state index contributed by atoms with van der Waals surface area (Å²) in [6, 6.07) is 11.6.